The molecule has 0 fully saturated rings. The van der Waals surface area contributed by atoms with Crippen LogP contribution in [0.5, 0.6) is 0 Å². The summed E-state index contributed by atoms with van der Waals surface area (Å²) in [7, 11) is 8.64. The minimum Gasteiger partial charge on any atom is -0.337 e. The molecular weight excluding hydrogens is 124 g/mol. The molecule has 0 saturated carbocycles. The monoisotopic (exact) mass is 144 g/mol. The van der Waals surface area contributed by atoms with E-state index in [4.69, 9.17) is 0 Å². The molecule has 0 unspecified atom stereocenters. The van der Waals surface area contributed by atoms with Crippen molar-refractivity contribution in [2.75, 3.05) is 41.3 Å². The third kappa shape index (κ3) is 7.66. The molecule has 10 heavy (non-hydrogen) atoms. The van der Waals surface area contributed by atoms with Crippen LogP contribution in [0, 0.1) is 0 Å². The van der Waals surface area contributed by atoms with Gasteiger partial charge in [0.15, 0.2) is 0 Å². The highest BCUT2D eigenvalue weighted by Crippen LogP contribution is 1.59. The van der Waals surface area contributed by atoms with Crippen molar-refractivity contribution >= 4 is 0 Å². The van der Waals surface area contributed by atoms with Gasteiger partial charge in [0.1, 0.15) is 0 Å². The maximum Gasteiger partial charge on any atom is 0.0956 e. The molecule has 2 nitrogen and oxygen atoms in total. The van der Waals surface area contributed by atoms with Gasteiger partial charge in [0.25, 0.3) is 0 Å². The average molecular weight is 144 g/mol. The smallest absolute Gasteiger partial charge is 0.0956 e. The molecule has 0 atom stereocenters. The lowest BCUT2D eigenvalue weighted by molar-refractivity contribution is -0.854. The Morgan fingerprint density at radius 2 is 1.10 bits per heavy atom. The number of hydrogen-bond acceptors (Lipinski definition) is 0. The molecule has 0 aliphatic heterocycles. The van der Waals surface area contributed by atoms with Crippen LogP contribution >= 0.6 is 0 Å². The summed E-state index contributed by atoms with van der Waals surface area (Å²) in [5.41, 5.74) is 0. The van der Waals surface area contributed by atoms with Crippen LogP contribution in [-0.2, 0) is 0 Å². The van der Waals surface area contributed by atoms with Gasteiger partial charge in [-0.15, -0.1) is 0 Å². The summed E-state index contributed by atoms with van der Waals surface area (Å²) < 4.78 is 0. The molecule has 0 saturated heterocycles. The van der Waals surface area contributed by atoms with Crippen LogP contribution in [0.4, 0.5) is 0 Å². The Hall–Kier alpha value is -0.340. The highest BCUT2D eigenvalue weighted by atomic mass is 15.1. The van der Waals surface area contributed by atoms with Gasteiger partial charge < -0.3 is 9.80 Å². The summed E-state index contributed by atoms with van der Waals surface area (Å²) in [6, 6.07) is 0. The van der Waals surface area contributed by atoms with Crippen molar-refractivity contribution in [3.8, 4) is 0 Å². The summed E-state index contributed by atoms with van der Waals surface area (Å²) in [5, 5.41) is 0. The average Bonchev–Trinajstić information content (AvgIpc) is 1.79. The number of nitrogens with one attached hydrogen (secondary N) is 2. The van der Waals surface area contributed by atoms with Gasteiger partial charge >= 0.3 is 0 Å². The first kappa shape index (κ1) is 9.66. The van der Waals surface area contributed by atoms with E-state index >= 15 is 0 Å². The Morgan fingerprint density at radius 1 is 0.800 bits per heavy atom. The van der Waals surface area contributed by atoms with E-state index in [1.807, 2.05) is 0 Å². The number of quaternary nitrogens is 2. The van der Waals surface area contributed by atoms with Crippen LogP contribution < -0.4 is 9.80 Å². The second-order valence-corrected chi connectivity index (χ2v) is 3.29. The summed E-state index contributed by atoms with van der Waals surface area (Å²) in [4.78, 5) is 2.95. The van der Waals surface area contributed by atoms with Gasteiger partial charge in [-0.05, 0) is 12.2 Å². The van der Waals surface area contributed by atoms with E-state index in [1.165, 1.54) is 9.80 Å². The standard InChI is InChI=1S/C8H18N2/c1-9(2)7-5-6-8-10(3)4/h5-6H,7-8H2,1-4H3/p+2/b6-5+. The van der Waals surface area contributed by atoms with Gasteiger partial charge in [0.05, 0.1) is 41.3 Å². The topological polar surface area (TPSA) is 8.88 Å². The Balaban J connectivity index is 3.20. The Labute approximate surface area is 64.1 Å². The molecule has 0 aromatic carbocycles. The van der Waals surface area contributed by atoms with E-state index in [1.54, 1.807) is 0 Å². The largest absolute Gasteiger partial charge is 0.337 e. The van der Waals surface area contributed by atoms with Gasteiger partial charge in [-0.3, -0.25) is 0 Å². The lowest BCUT2D eigenvalue weighted by Crippen LogP contribution is -3.06. The lowest BCUT2D eigenvalue weighted by Gasteiger charge is -2.03. The van der Waals surface area contributed by atoms with Crippen molar-refractivity contribution in [2.45, 2.75) is 0 Å². The van der Waals surface area contributed by atoms with Crippen LogP contribution in [0.1, 0.15) is 0 Å². The summed E-state index contributed by atoms with van der Waals surface area (Å²) in [6.07, 6.45) is 4.48. The third-order valence-corrected chi connectivity index (χ3v) is 1.22. The zero-order valence-corrected chi connectivity index (χ0v) is 7.57. The van der Waals surface area contributed by atoms with E-state index in [9.17, 15) is 0 Å². The van der Waals surface area contributed by atoms with Crippen LogP contribution in [0.15, 0.2) is 12.2 Å². The predicted molar refractivity (Wildman–Crippen MR) is 44.5 cm³/mol. The molecule has 0 spiro atoms. The molecule has 0 radical (unpaired) electrons. The molecule has 0 heterocycles. The maximum atomic E-state index is 2.24. The van der Waals surface area contributed by atoms with Crippen LogP contribution in [0.3, 0.4) is 0 Å². The molecule has 0 bridgehead atoms. The molecule has 0 aliphatic rings. The molecule has 60 valence electrons. The molecule has 0 rings (SSSR count). The first-order valence-corrected chi connectivity index (χ1v) is 3.86. The van der Waals surface area contributed by atoms with E-state index < -0.39 is 0 Å². The first-order valence-electron chi connectivity index (χ1n) is 3.86. The molecule has 0 amide bonds. The lowest BCUT2D eigenvalue weighted by atomic mass is 10.4. The third-order valence-electron chi connectivity index (χ3n) is 1.22. The summed E-state index contributed by atoms with van der Waals surface area (Å²) in [5.74, 6) is 0. The maximum absolute atomic E-state index is 2.24. The van der Waals surface area contributed by atoms with Gasteiger partial charge in [0, 0.05) is 0 Å². The van der Waals surface area contributed by atoms with Crippen LogP contribution in [-0.4, -0.2) is 41.3 Å². The minimum absolute atomic E-state index is 1.13. The molecule has 0 aromatic heterocycles. The highest BCUT2D eigenvalue weighted by Gasteiger charge is 1.87. The van der Waals surface area contributed by atoms with Crippen molar-refractivity contribution in [3.63, 3.8) is 0 Å². The van der Waals surface area contributed by atoms with Crippen molar-refractivity contribution in [1.82, 2.24) is 0 Å². The Bertz CT molecular complexity index is 83.4. The fourth-order valence-electron chi connectivity index (χ4n) is 0.638. The molecule has 0 aliphatic carbocycles. The fourth-order valence-corrected chi connectivity index (χ4v) is 0.638. The van der Waals surface area contributed by atoms with Crippen molar-refractivity contribution < 1.29 is 9.80 Å². The van der Waals surface area contributed by atoms with E-state index in [0.29, 0.717) is 0 Å². The number of rotatable bonds is 4. The molecule has 0 aromatic rings. The number of hydrogen-bond donors (Lipinski definition) is 2. The Morgan fingerprint density at radius 3 is 1.30 bits per heavy atom. The second kappa shape index (κ2) is 5.45. The zero-order chi connectivity index (χ0) is 7.98. The summed E-state index contributed by atoms with van der Waals surface area (Å²) in [6.45, 7) is 2.26. The number of likely N-dealkylation sites (N-methyl/N-ethyl adjacent to an activating group) is 2. The molecule has 2 N–H and O–H groups in total. The van der Waals surface area contributed by atoms with Crippen molar-refractivity contribution in [2.24, 2.45) is 0 Å². The van der Waals surface area contributed by atoms with Gasteiger partial charge in [-0.2, -0.15) is 0 Å². The van der Waals surface area contributed by atoms with Gasteiger partial charge in [-0.1, -0.05) is 0 Å². The van der Waals surface area contributed by atoms with Gasteiger partial charge in [-0.25, -0.2) is 0 Å². The zero-order valence-electron chi connectivity index (χ0n) is 7.57. The Kier molecular flexibility index (Phi) is 5.26. The van der Waals surface area contributed by atoms with Gasteiger partial charge in [0.2, 0.25) is 0 Å². The van der Waals surface area contributed by atoms with Crippen LogP contribution in [0.2, 0.25) is 0 Å². The van der Waals surface area contributed by atoms with Crippen molar-refractivity contribution in [1.29, 1.82) is 0 Å². The van der Waals surface area contributed by atoms with Crippen LogP contribution in [0.25, 0.3) is 0 Å². The van der Waals surface area contributed by atoms with E-state index in [2.05, 4.69) is 40.3 Å². The fraction of sp³-hybridized carbons (Fsp3) is 0.750. The minimum atomic E-state index is 1.13. The molecular formula is C8H20N2+2. The molecule has 2 heteroatoms. The second-order valence-electron chi connectivity index (χ2n) is 3.29. The summed E-state index contributed by atoms with van der Waals surface area (Å²) >= 11 is 0. The van der Waals surface area contributed by atoms with E-state index in [-0.39, 0.29) is 0 Å². The SMILES string of the molecule is C[NH+](C)C/C=C/C[NH+](C)C. The highest BCUT2D eigenvalue weighted by molar-refractivity contribution is 4.79. The van der Waals surface area contributed by atoms with E-state index in [0.717, 1.165) is 13.1 Å². The quantitative estimate of drug-likeness (QED) is 0.416. The normalized spacial score (nSPS) is 12.2. The van der Waals surface area contributed by atoms with Crippen molar-refractivity contribution in [3.05, 3.63) is 12.2 Å². The first-order chi connectivity index (χ1) is 4.63. The predicted octanol–water partition coefficient (Wildman–Crippen LogP) is -2.17.